The van der Waals surface area contributed by atoms with Crippen LogP contribution in [-0.4, -0.2) is 42.7 Å². The highest BCUT2D eigenvalue weighted by Gasteiger charge is 2.16. The number of nitrogens with zero attached hydrogens (tertiary/aromatic N) is 2. The van der Waals surface area contributed by atoms with E-state index in [4.69, 9.17) is 4.74 Å². The van der Waals surface area contributed by atoms with Crippen LogP contribution in [0.25, 0.3) is 0 Å². The Labute approximate surface area is 118 Å². The predicted molar refractivity (Wildman–Crippen MR) is 78.0 cm³/mol. The van der Waals surface area contributed by atoms with Crippen LogP contribution < -0.4 is 5.32 Å². The van der Waals surface area contributed by atoms with E-state index in [1.807, 2.05) is 19.1 Å². The second-order valence-electron chi connectivity index (χ2n) is 4.92. The molecule has 2 rings (SSSR count). The van der Waals surface area contributed by atoms with Gasteiger partial charge in [-0.1, -0.05) is 13.0 Å². The van der Waals surface area contributed by atoms with E-state index in [9.17, 15) is 10.1 Å². The molecule has 0 aromatic heterocycles. The average Bonchev–Trinajstić information content (AvgIpc) is 2.46. The van der Waals surface area contributed by atoms with Crippen molar-refractivity contribution >= 4 is 11.4 Å². The van der Waals surface area contributed by atoms with Crippen LogP contribution in [0.4, 0.5) is 11.4 Å². The summed E-state index contributed by atoms with van der Waals surface area (Å²) in [6.07, 6.45) is 0.935. The van der Waals surface area contributed by atoms with Gasteiger partial charge in [-0.2, -0.15) is 0 Å². The summed E-state index contributed by atoms with van der Waals surface area (Å²) in [5.41, 5.74) is 1.85. The first-order valence-corrected chi connectivity index (χ1v) is 7.02. The number of rotatable bonds is 6. The summed E-state index contributed by atoms with van der Waals surface area (Å²) in [4.78, 5) is 13.0. The fourth-order valence-corrected chi connectivity index (χ4v) is 2.26. The molecule has 0 aliphatic carbocycles. The van der Waals surface area contributed by atoms with Crippen molar-refractivity contribution in [3.8, 4) is 0 Å². The lowest BCUT2D eigenvalue weighted by Gasteiger charge is -2.26. The van der Waals surface area contributed by atoms with Gasteiger partial charge in [0.2, 0.25) is 0 Å². The summed E-state index contributed by atoms with van der Waals surface area (Å²) < 4.78 is 5.32. The van der Waals surface area contributed by atoms with Gasteiger partial charge < -0.3 is 10.1 Å². The van der Waals surface area contributed by atoms with Gasteiger partial charge in [0.05, 0.1) is 18.1 Å². The Morgan fingerprint density at radius 3 is 2.80 bits per heavy atom. The van der Waals surface area contributed by atoms with Crippen molar-refractivity contribution < 1.29 is 9.66 Å². The molecular weight excluding hydrogens is 258 g/mol. The van der Waals surface area contributed by atoms with Crippen molar-refractivity contribution in [2.75, 3.05) is 38.2 Å². The van der Waals surface area contributed by atoms with Crippen LogP contribution in [0.5, 0.6) is 0 Å². The fraction of sp³-hybridized carbons (Fsp3) is 0.571. The standard InChI is InChI=1S/C14H21N3O3/c1-2-5-15-13-10-12(3-4-14(13)17(18)19)11-16-6-8-20-9-7-16/h3-4,10,15H,2,5-9,11H2,1H3. The molecular formula is C14H21N3O3. The predicted octanol–water partition coefficient (Wildman–Crippen LogP) is 2.25. The Kier molecular flexibility index (Phi) is 5.31. The molecule has 6 nitrogen and oxygen atoms in total. The number of ether oxygens (including phenoxy) is 1. The van der Waals surface area contributed by atoms with Crippen molar-refractivity contribution in [2.45, 2.75) is 19.9 Å². The lowest BCUT2D eigenvalue weighted by Crippen LogP contribution is -2.35. The third-order valence-electron chi connectivity index (χ3n) is 3.33. The number of benzene rings is 1. The van der Waals surface area contributed by atoms with Gasteiger partial charge in [-0.15, -0.1) is 0 Å². The number of anilines is 1. The van der Waals surface area contributed by atoms with Gasteiger partial charge in [0.25, 0.3) is 5.69 Å². The van der Waals surface area contributed by atoms with E-state index in [0.29, 0.717) is 5.69 Å². The molecule has 0 saturated carbocycles. The number of morpholine rings is 1. The maximum Gasteiger partial charge on any atom is 0.292 e. The van der Waals surface area contributed by atoms with Crippen molar-refractivity contribution in [2.24, 2.45) is 0 Å². The van der Waals surface area contributed by atoms with Gasteiger partial charge in [0.1, 0.15) is 5.69 Å². The van der Waals surface area contributed by atoms with Gasteiger partial charge >= 0.3 is 0 Å². The zero-order chi connectivity index (χ0) is 14.4. The summed E-state index contributed by atoms with van der Waals surface area (Å²) in [6.45, 7) is 6.92. The largest absolute Gasteiger partial charge is 0.379 e. The van der Waals surface area contributed by atoms with Gasteiger partial charge in [0.15, 0.2) is 0 Å². The van der Waals surface area contributed by atoms with Crippen molar-refractivity contribution in [3.05, 3.63) is 33.9 Å². The van der Waals surface area contributed by atoms with E-state index in [1.165, 1.54) is 0 Å². The summed E-state index contributed by atoms with van der Waals surface area (Å²) in [5, 5.41) is 14.2. The minimum absolute atomic E-state index is 0.143. The monoisotopic (exact) mass is 279 g/mol. The molecule has 1 heterocycles. The second kappa shape index (κ2) is 7.21. The third kappa shape index (κ3) is 3.91. The summed E-state index contributed by atoms with van der Waals surface area (Å²) >= 11 is 0. The molecule has 1 aromatic carbocycles. The quantitative estimate of drug-likeness (QED) is 0.639. The van der Waals surface area contributed by atoms with Crippen molar-refractivity contribution in [1.82, 2.24) is 4.90 Å². The first kappa shape index (κ1) is 14.7. The average molecular weight is 279 g/mol. The number of hydrogen-bond donors (Lipinski definition) is 1. The van der Waals surface area contributed by atoms with Crippen LogP contribution in [0.15, 0.2) is 18.2 Å². The molecule has 1 aromatic rings. The van der Waals surface area contributed by atoms with E-state index in [-0.39, 0.29) is 10.6 Å². The minimum atomic E-state index is -0.337. The Hall–Kier alpha value is -1.66. The van der Waals surface area contributed by atoms with E-state index in [0.717, 1.165) is 51.4 Å². The third-order valence-corrected chi connectivity index (χ3v) is 3.33. The number of hydrogen-bond acceptors (Lipinski definition) is 5. The van der Waals surface area contributed by atoms with E-state index in [2.05, 4.69) is 10.2 Å². The smallest absolute Gasteiger partial charge is 0.292 e. The Morgan fingerprint density at radius 1 is 1.40 bits per heavy atom. The molecule has 1 aliphatic rings. The van der Waals surface area contributed by atoms with E-state index in [1.54, 1.807) is 6.07 Å². The van der Waals surface area contributed by atoms with Gasteiger partial charge in [0, 0.05) is 32.2 Å². The van der Waals surface area contributed by atoms with E-state index < -0.39 is 0 Å². The van der Waals surface area contributed by atoms with Crippen molar-refractivity contribution in [1.29, 1.82) is 0 Å². The zero-order valence-corrected chi connectivity index (χ0v) is 11.8. The first-order chi connectivity index (χ1) is 9.70. The molecule has 6 heteroatoms. The Balaban J connectivity index is 2.10. The molecule has 110 valence electrons. The molecule has 20 heavy (non-hydrogen) atoms. The van der Waals surface area contributed by atoms with E-state index >= 15 is 0 Å². The van der Waals surface area contributed by atoms with Gasteiger partial charge in [-0.25, -0.2) is 0 Å². The molecule has 1 N–H and O–H groups in total. The van der Waals surface area contributed by atoms with Crippen LogP contribution >= 0.6 is 0 Å². The van der Waals surface area contributed by atoms with Crippen LogP contribution in [0.2, 0.25) is 0 Å². The highest BCUT2D eigenvalue weighted by Crippen LogP contribution is 2.26. The van der Waals surface area contributed by atoms with Crippen LogP contribution in [-0.2, 0) is 11.3 Å². The SMILES string of the molecule is CCCNc1cc(CN2CCOCC2)ccc1[N+](=O)[O-]. The molecule has 1 fully saturated rings. The van der Waals surface area contributed by atoms with Crippen LogP contribution in [0.3, 0.4) is 0 Å². The first-order valence-electron chi connectivity index (χ1n) is 7.02. The minimum Gasteiger partial charge on any atom is -0.379 e. The lowest BCUT2D eigenvalue weighted by molar-refractivity contribution is -0.384. The maximum absolute atomic E-state index is 11.0. The summed E-state index contributed by atoms with van der Waals surface area (Å²) in [5.74, 6) is 0. The molecule has 1 saturated heterocycles. The molecule has 0 unspecified atom stereocenters. The molecule has 0 bridgehead atoms. The molecule has 1 aliphatic heterocycles. The lowest BCUT2D eigenvalue weighted by atomic mass is 10.1. The fourth-order valence-electron chi connectivity index (χ4n) is 2.26. The zero-order valence-electron chi connectivity index (χ0n) is 11.8. The number of nitrogens with one attached hydrogen (secondary N) is 1. The molecule has 0 spiro atoms. The topological polar surface area (TPSA) is 67.6 Å². The molecule has 0 atom stereocenters. The normalized spacial score (nSPS) is 16.1. The van der Waals surface area contributed by atoms with Gasteiger partial charge in [-0.3, -0.25) is 15.0 Å². The van der Waals surface area contributed by atoms with Gasteiger partial charge in [-0.05, 0) is 18.1 Å². The number of nitro groups is 1. The molecule has 0 amide bonds. The highest BCUT2D eigenvalue weighted by atomic mass is 16.6. The number of nitro benzene ring substituents is 1. The Morgan fingerprint density at radius 2 is 2.15 bits per heavy atom. The highest BCUT2D eigenvalue weighted by molar-refractivity contribution is 5.62. The van der Waals surface area contributed by atoms with Crippen molar-refractivity contribution in [3.63, 3.8) is 0 Å². The summed E-state index contributed by atoms with van der Waals surface area (Å²) in [7, 11) is 0. The van der Waals surface area contributed by atoms with Crippen LogP contribution in [0.1, 0.15) is 18.9 Å². The maximum atomic E-state index is 11.0. The Bertz CT molecular complexity index is 459. The van der Waals surface area contributed by atoms with Crippen LogP contribution in [0, 0.1) is 10.1 Å². The second-order valence-corrected chi connectivity index (χ2v) is 4.92. The summed E-state index contributed by atoms with van der Waals surface area (Å²) in [6, 6.07) is 5.32. The molecule has 0 radical (unpaired) electrons.